The average Bonchev–Trinajstić information content (AvgIpc) is 2.44. The number of carbonyl (C=O) groups is 2. The molecule has 1 aliphatic heterocycles. The van der Waals surface area contributed by atoms with E-state index in [0.717, 1.165) is 5.56 Å². The predicted octanol–water partition coefficient (Wildman–Crippen LogP) is 0.432. The van der Waals surface area contributed by atoms with E-state index in [9.17, 15) is 9.59 Å². The van der Waals surface area contributed by atoms with Crippen LogP contribution in [0.1, 0.15) is 12.5 Å². The van der Waals surface area contributed by atoms with Gasteiger partial charge in [-0.15, -0.1) is 0 Å². The summed E-state index contributed by atoms with van der Waals surface area (Å²) in [6.45, 7) is 1.88. The normalized spacial score (nSPS) is 15.5. The van der Waals surface area contributed by atoms with E-state index >= 15 is 0 Å². The summed E-state index contributed by atoms with van der Waals surface area (Å²) in [5, 5.41) is 0. The molecule has 0 aliphatic carbocycles. The number of methoxy groups -OCH3 is 1. The molecule has 0 bridgehead atoms. The average molecular weight is 264 g/mol. The lowest BCUT2D eigenvalue weighted by molar-refractivity contribution is -0.143. The van der Waals surface area contributed by atoms with Crippen molar-refractivity contribution in [2.75, 3.05) is 18.6 Å². The lowest BCUT2D eigenvalue weighted by Crippen LogP contribution is -2.48. The Labute approximate surface area is 111 Å². The molecule has 1 aromatic carbocycles. The van der Waals surface area contributed by atoms with Crippen molar-refractivity contribution in [3.05, 3.63) is 23.8 Å². The quantitative estimate of drug-likeness (QED) is 0.801. The van der Waals surface area contributed by atoms with Gasteiger partial charge in [0.05, 0.1) is 12.8 Å². The first kappa shape index (κ1) is 13.4. The van der Waals surface area contributed by atoms with Crippen LogP contribution in [0.3, 0.4) is 0 Å². The maximum atomic E-state index is 12.0. The van der Waals surface area contributed by atoms with Gasteiger partial charge >= 0.3 is 5.97 Å². The van der Waals surface area contributed by atoms with Crippen LogP contribution in [0.25, 0.3) is 0 Å². The summed E-state index contributed by atoms with van der Waals surface area (Å²) in [5.74, 6) is -0.188. The number of hydrogen-bond donors (Lipinski definition) is 1. The van der Waals surface area contributed by atoms with E-state index in [0.29, 0.717) is 18.0 Å². The maximum Gasteiger partial charge on any atom is 0.328 e. The first-order chi connectivity index (χ1) is 9.08. The number of hydrogen-bond acceptors (Lipinski definition) is 5. The number of anilines is 1. The van der Waals surface area contributed by atoms with Crippen molar-refractivity contribution in [3.63, 3.8) is 0 Å². The van der Waals surface area contributed by atoms with Gasteiger partial charge in [0.25, 0.3) is 5.91 Å². The Kier molecular flexibility index (Phi) is 3.71. The number of fused-ring (bicyclic) bond motifs is 1. The van der Waals surface area contributed by atoms with Crippen LogP contribution in [0.4, 0.5) is 5.69 Å². The zero-order valence-corrected chi connectivity index (χ0v) is 10.9. The Morgan fingerprint density at radius 1 is 1.58 bits per heavy atom. The van der Waals surface area contributed by atoms with Crippen molar-refractivity contribution in [1.29, 1.82) is 0 Å². The van der Waals surface area contributed by atoms with Crippen LogP contribution in [-0.4, -0.2) is 31.6 Å². The van der Waals surface area contributed by atoms with Gasteiger partial charge in [0.1, 0.15) is 11.8 Å². The molecule has 0 fully saturated rings. The minimum atomic E-state index is -0.701. The molecule has 0 saturated carbocycles. The number of esters is 1. The molecule has 6 nitrogen and oxygen atoms in total. The van der Waals surface area contributed by atoms with Crippen LogP contribution in [0, 0.1) is 0 Å². The van der Waals surface area contributed by atoms with Crippen LogP contribution in [0.15, 0.2) is 18.2 Å². The van der Waals surface area contributed by atoms with Gasteiger partial charge in [0.15, 0.2) is 6.61 Å². The number of carbonyl (C=O) groups excluding carboxylic acids is 2. The topological polar surface area (TPSA) is 81.9 Å². The van der Waals surface area contributed by atoms with Crippen molar-refractivity contribution in [3.8, 4) is 5.75 Å². The molecule has 0 radical (unpaired) electrons. The van der Waals surface area contributed by atoms with Gasteiger partial charge in [0, 0.05) is 6.54 Å². The fraction of sp³-hybridized carbons (Fsp3) is 0.385. The van der Waals surface area contributed by atoms with Crippen molar-refractivity contribution in [1.82, 2.24) is 0 Å². The second-order valence-electron chi connectivity index (χ2n) is 4.26. The van der Waals surface area contributed by atoms with E-state index in [1.165, 1.54) is 12.0 Å². The van der Waals surface area contributed by atoms with E-state index in [2.05, 4.69) is 4.74 Å². The predicted molar refractivity (Wildman–Crippen MR) is 68.8 cm³/mol. The van der Waals surface area contributed by atoms with E-state index in [-0.39, 0.29) is 12.5 Å². The van der Waals surface area contributed by atoms with E-state index < -0.39 is 12.0 Å². The third-order valence-electron chi connectivity index (χ3n) is 3.07. The summed E-state index contributed by atoms with van der Waals surface area (Å²) in [6.07, 6.45) is 0. The van der Waals surface area contributed by atoms with E-state index in [1.807, 2.05) is 6.07 Å². The van der Waals surface area contributed by atoms with Crippen molar-refractivity contribution in [2.24, 2.45) is 5.73 Å². The fourth-order valence-corrected chi connectivity index (χ4v) is 2.04. The highest BCUT2D eigenvalue weighted by Crippen LogP contribution is 2.34. The third kappa shape index (κ3) is 2.39. The Morgan fingerprint density at radius 2 is 2.32 bits per heavy atom. The first-order valence-electron chi connectivity index (χ1n) is 5.94. The molecule has 2 N–H and O–H groups in total. The van der Waals surface area contributed by atoms with Crippen molar-refractivity contribution < 1.29 is 19.1 Å². The molecular formula is C13H16N2O4. The van der Waals surface area contributed by atoms with Gasteiger partial charge in [0.2, 0.25) is 0 Å². The molecule has 1 atom stereocenters. The van der Waals surface area contributed by atoms with E-state index in [4.69, 9.17) is 10.5 Å². The minimum Gasteiger partial charge on any atom is -0.482 e. The van der Waals surface area contributed by atoms with Gasteiger partial charge in [-0.25, -0.2) is 4.79 Å². The first-order valence-corrected chi connectivity index (χ1v) is 5.94. The standard InChI is InChI=1S/C13H16N2O4/c1-8(13(17)18-2)15-10-5-9(6-14)3-4-11(10)19-7-12(15)16/h3-5,8H,6-7,14H2,1-2H3. The fourth-order valence-electron chi connectivity index (χ4n) is 2.04. The highest BCUT2D eigenvalue weighted by atomic mass is 16.5. The van der Waals surface area contributed by atoms with E-state index in [1.54, 1.807) is 19.1 Å². The Hall–Kier alpha value is -2.08. The van der Waals surface area contributed by atoms with Gasteiger partial charge in [-0.1, -0.05) is 6.07 Å². The van der Waals surface area contributed by atoms with Crippen LogP contribution in [-0.2, 0) is 20.9 Å². The number of ether oxygens (including phenoxy) is 2. The summed E-state index contributed by atoms with van der Waals surface area (Å²) in [7, 11) is 1.29. The smallest absolute Gasteiger partial charge is 0.328 e. The van der Waals surface area contributed by atoms with Gasteiger partial charge in [-0.3, -0.25) is 9.69 Å². The summed E-state index contributed by atoms with van der Waals surface area (Å²) < 4.78 is 10.0. The summed E-state index contributed by atoms with van der Waals surface area (Å²) in [6, 6.07) is 4.63. The minimum absolute atomic E-state index is 0.0870. The highest BCUT2D eigenvalue weighted by molar-refractivity contribution is 6.02. The lowest BCUT2D eigenvalue weighted by Gasteiger charge is -2.32. The molecule has 0 spiro atoms. The molecule has 0 saturated heterocycles. The second kappa shape index (κ2) is 5.27. The molecule has 1 amide bonds. The van der Waals surface area contributed by atoms with Gasteiger partial charge in [-0.05, 0) is 24.6 Å². The Morgan fingerprint density at radius 3 is 2.95 bits per heavy atom. The zero-order chi connectivity index (χ0) is 14.0. The number of rotatable bonds is 3. The van der Waals surface area contributed by atoms with Gasteiger partial charge < -0.3 is 15.2 Å². The maximum absolute atomic E-state index is 12.0. The highest BCUT2D eigenvalue weighted by Gasteiger charge is 2.33. The number of nitrogens with zero attached hydrogens (tertiary/aromatic N) is 1. The molecule has 19 heavy (non-hydrogen) atoms. The zero-order valence-electron chi connectivity index (χ0n) is 10.9. The van der Waals surface area contributed by atoms with Crippen LogP contribution < -0.4 is 15.4 Å². The molecule has 1 aliphatic rings. The van der Waals surface area contributed by atoms with Crippen molar-refractivity contribution in [2.45, 2.75) is 19.5 Å². The molecule has 6 heteroatoms. The monoisotopic (exact) mass is 264 g/mol. The van der Waals surface area contributed by atoms with Crippen LogP contribution >= 0.6 is 0 Å². The SMILES string of the molecule is COC(=O)C(C)N1C(=O)COc2ccc(CN)cc21. The Balaban J connectivity index is 2.44. The molecule has 1 heterocycles. The largest absolute Gasteiger partial charge is 0.482 e. The van der Waals surface area contributed by atoms with Crippen LogP contribution in [0.2, 0.25) is 0 Å². The third-order valence-corrected chi connectivity index (χ3v) is 3.07. The molecule has 2 rings (SSSR count). The molecule has 1 aromatic rings. The number of benzene rings is 1. The Bertz CT molecular complexity index is 515. The summed E-state index contributed by atoms with van der Waals surface area (Å²) >= 11 is 0. The number of amides is 1. The van der Waals surface area contributed by atoms with Crippen molar-refractivity contribution >= 4 is 17.6 Å². The summed E-state index contributed by atoms with van der Waals surface area (Å²) in [5.41, 5.74) is 7.00. The van der Waals surface area contributed by atoms with Crippen LogP contribution in [0.5, 0.6) is 5.75 Å². The molecule has 102 valence electrons. The molecular weight excluding hydrogens is 248 g/mol. The lowest BCUT2D eigenvalue weighted by atomic mass is 10.1. The second-order valence-corrected chi connectivity index (χ2v) is 4.26. The summed E-state index contributed by atoms with van der Waals surface area (Å²) in [4.78, 5) is 25.0. The number of nitrogens with two attached hydrogens (primary N) is 1. The molecule has 0 aromatic heterocycles. The molecule has 1 unspecified atom stereocenters. The van der Waals surface area contributed by atoms with Gasteiger partial charge in [-0.2, -0.15) is 0 Å².